The van der Waals surface area contributed by atoms with E-state index in [0.29, 0.717) is 11.6 Å². The van der Waals surface area contributed by atoms with Crippen LogP contribution in [0.4, 0.5) is 5.69 Å². The Kier molecular flexibility index (Phi) is 5.60. The van der Waals surface area contributed by atoms with Gasteiger partial charge in [-0.3, -0.25) is 9.78 Å². The van der Waals surface area contributed by atoms with E-state index >= 15 is 0 Å². The molecule has 0 radical (unpaired) electrons. The predicted molar refractivity (Wildman–Crippen MR) is 91.2 cm³/mol. The van der Waals surface area contributed by atoms with Gasteiger partial charge in [-0.2, -0.15) is 11.8 Å². The Morgan fingerprint density at radius 1 is 1.41 bits per heavy atom. The maximum atomic E-state index is 12.6. The van der Waals surface area contributed by atoms with E-state index in [2.05, 4.69) is 23.8 Å². The molecule has 2 aromatic rings. The van der Waals surface area contributed by atoms with Crippen LogP contribution in [-0.2, 0) is 12.8 Å². The molecule has 1 amide bonds. The lowest BCUT2D eigenvalue weighted by Gasteiger charge is -2.17. The predicted octanol–water partition coefficient (Wildman–Crippen LogP) is 2.98. The summed E-state index contributed by atoms with van der Waals surface area (Å²) >= 11 is 1.84. The fourth-order valence-electron chi connectivity index (χ4n) is 2.01. The molecule has 2 aromatic heterocycles. The third kappa shape index (κ3) is 3.88. The Balaban J connectivity index is 2.09. The largest absolute Gasteiger partial charge is 0.326 e. The summed E-state index contributed by atoms with van der Waals surface area (Å²) in [6, 6.07) is 3.68. The summed E-state index contributed by atoms with van der Waals surface area (Å²) in [7, 11) is 3.64. The molecule has 118 valence electrons. The van der Waals surface area contributed by atoms with Crippen LogP contribution in [-0.4, -0.2) is 33.2 Å². The first-order valence-electron chi connectivity index (χ1n) is 7.27. The molecule has 0 saturated carbocycles. The van der Waals surface area contributed by atoms with E-state index in [1.54, 1.807) is 30.5 Å². The summed E-state index contributed by atoms with van der Waals surface area (Å²) in [5.41, 5.74) is 1.36. The van der Waals surface area contributed by atoms with Gasteiger partial charge in [-0.15, -0.1) is 0 Å². The van der Waals surface area contributed by atoms with E-state index in [1.807, 2.05) is 35.5 Å². The minimum atomic E-state index is -0.0805. The average molecular weight is 318 g/mol. The van der Waals surface area contributed by atoms with Gasteiger partial charge >= 0.3 is 0 Å². The van der Waals surface area contributed by atoms with E-state index < -0.39 is 0 Å². The number of anilines is 1. The summed E-state index contributed by atoms with van der Waals surface area (Å²) in [4.78, 5) is 22.6. The third-order valence-corrected chi connectivity index (χ3v) is 4.69. The minimum absolute atomic E-state index is 0.0805. The van der Waals surface area contributed by atoms with Gasteiger partial charge in [0.1, 0.15) is 11.5 Å². The SMILES string of the molecule is CC(C)CSCc1ncc(C(=O)N(C)c2cccnc2)n1C. The van der Waals surface area contributed by atoms with Crippen LogP contribution < -0.4 is 4.90 Å². The second-order valence-corrected chi connectivity index (χ2v) is 6.63. The highest BCUT2D eigenvalue weighted by atomic mass is 32.2. The summed E-state index contributed by atoms with van der Waals surface area (Å²) in [6.07, 6.45) is 5.02. The third-order valence-electron chi connectivity index (χ3n) is 3.32. The van der Waals surface area contributed by atoms with Gasteiger partial charge in [0.05, 0.1) is 23.8 Å². The number of rotatable bonds is 6. The topological polar surface area (TPSA) is 51.0 Å². The van der Waals surface area contributed by atoms with Gasteiger partial charge < -0.3 is 9.47 Å². The minimum Gasteiger partial charge on any atom is -0.326 e. The van der Waals surface area contributed by atoms with Gasteiger partial charge in [0, 0.05) is 20.3 Å². The monoisotopic (exact) mass is 318 g/mol. The zero-order valence-corrected chi connectivity index (χ0v) is 14.3. The van der Waals surface area contributed by atoms with Gasteiger partial charge in [-0.05, 0) is 23.8 Å². The standard InChI is InChI=1S/C16H22N4OS/c1-12(2)10-22-11-15-18-9-14(20(15)4)16(21)19(3)13-6-5-7-17-8-13/h5-9,12H,10-11H2,1-4H3. The van der Waals surface area contributed by atoms with Crippen molar-refractivity contribution in [3.63, 3.8) is 0 Å². The quantitative estimate of drug-likeness (QED) is 0.821. The molecule has 0 aromatic carbocycles. The van der Waals surface area contributed by atoms with Gasteiger partial charge in [0.2, 0.25) is 0 Å². The zero-order valence-electron chi connectivity index (χ0n) is 13.5. The molecule has 0 fully saturated rings. The summed E-state index contributed by atoms with van der Waals surface area (Å²) in [5.74, 6) is 3.41. The molecular weight excluding hydrogens is 296 g/mol. The average Bonchev–Trinajstić information content (AvgIpc) is 2.87. The number of nitrogens with zero attached hydrogens (tertiary/aromatic N) is 4. The smallest absolute Gasteiger partial charge is 0.276 e. The van der Waals surface area contributed by atoms with E-state index in [4.69, 9.17) is 0 Å². The molecule has 2 rings (SSSR count). The fourth-order valence-corrected chi connectivity index (χ4v) is 3.05. The van der Waals surface area contributed by atoms with Crippen molar-refractivity contribution in [2.45, 2.75) is 19.6 Å². The molecule has 0 atom stereocenters. The Labute approximate surface area is 135 Å². The lowest BCUT2D eigenvalue weighted by molar-refractivity contribution is 0.0985. The first-order valence-corrected chi connectivity index (χ1v) is 8.42. The number of thioether (sulfide) groups is 1. The summed E-state index contributed by atoms with van der Waals surface area (Å²) in [5, 5.41) is 0. The Morgan fingerprint density at radius 3 is 2.82 bits per heavy atom. The number of hydrogen-bond donors (Lipinski definition) is 0. The molecule has 0 unspecified atom stereocenters. The van der Waals surface area contributed by atoms with Crippen molar-refractivity contribution >= 4 is 23.4 Å². The van der Waals surface area contributed by atoms with E-state index in [0.717, 1.165) is 23.0 Å². The molecule has 0 aliphatic heterocycles. The number of aromatic nitrogens is 3. The van der Waals surface area contributed by atoms with E-state index in [-0.39, 0.29) is 5.91 Å². The molecule has 0 bridgehead atoms. The number of hydrogen-bond acceptors (Lipinski definition) is 4. The van der Waals surface area contributed by atoms with Crippen LogP contribution in [0.1, 0.15) is 30.2 Å². The molecule has 0 aliphatic carbocycles. The van der Waals surface area contributed by atoms with Crippen molar-refractivity contribution < 1.29 is 4.79 Å². The maximum Gasteiger partial charge on any atom is 0.276 e. The summed E-state index contributed by atoms with van der Waals surface area (Å²) < 4.78 is 1.88. The maximum absolute atomic E-state index is 12.6. The first kappa shape index (κ1) is 16.5. The van der Waals surface area contributed by atoms with Gasteiger partial charge in [0.15, 0.2) is 0 Å². The number of amides is 1. The second-order valence-electron chi connectivity index (χ2n) is 5.60. The van der Waals surface area contributed by atoms with Crippen molar-refractivity contribution in [3.05, 3.63) is 42.2 Å². The van der Waals surface area contributed by atoms with Gasteiger partial charge in [-0.25, -0.2) is 4.98 Å². The molecule has 0 aliphatic rings. The van der Waals surface area contributed by atoms with Gasteiger partial charge in [0.25, 0.3) is 5.91 Å². The van der Waals surface area contributed by atoms with Crippen molar-refractivity contribution in [3.8, 4) is 0 Å². The number of carbonyl (C=O) groups excluding carboxylic acids is 1. The zero-order chi connectivity index (χ0) is 16.1. The number of carbonyl (C=O) groups is 1. The highest BCUT2D eigenvalue weighted by molar-refractivity contribution is 7.98. The molecule has 22 heavy (non-hydrogen) atoms. The van der Waals surface area contributed by atoms with Crippen molar-refractivity contribution in [1.82, 2.24) is 14.5 Å². The molecular formula is C16H22N4OS. The lowest BCUT2D eigenvalue weighted by Crippen LogP contribution is -2.28. The second kappa shape index (κ2) is 7.45. The van der Waals surface area contributed by atoms with Crippen molar-refractivity contribution in [1.29, 1.82) is 0 Å². The van der Waals surface area contributed by atoms with Crippen LogP contribution in [0.2, 0.25) is 0 Å². The van der Waals surface area contributed by atoms with Gasteiger partial charge in [-0.1, -0.05) is 13.8 Å². The molecule has 0 saturated heterocycles. The Hall–Kier alpha value is -1.82. The van der Waals surface area contributed by atoms with Crippen LogP contribution in [0.25, 0.3) is 0 Å². The van der Waals surface area contributed by atoms with Crippen LogP contribution in [0, 0.1) is 5.92 Å². The molecule has 0 spiro atoms. The van der Waals surface area contributed by atoms with Crippen molar-refractivity contribution in [2.24, 2.45) is 13.0 Å². The first-order chi connectivity index (χ1) is 10.5. The number of pyridine rings is 1. The highest BCUT2D eigenvalue weighted by Crippen LogP contribution is 2.18. The molecule has 0 N–H and O–H groups in total. The molecule has 6 heteroatoms. The summed E-state index contributed by atoms with van der Waals surface area (Å²) in [6.45, 7) is 4.40. The van der Waals surface area contributed by atoms with E-state index in [1.165, 1.54) is 0 Å². The van der Waals surface area contributed by atoms with Crippen LogP contribution >= 0.6 is 11.8 Å². The van der Waals surface area contributed by atoms with Crippen LogP contribution in [0.5, 0.6) is 0 Å². The fraction of sp³-hybridized carbons (Fsp3) is 0.438. The number of imidazole rings is 1. The Bertz CT molecular complexity index is 624. The highest BCUT2D eigenvalue weighted by Gasteiger charge is 2.19. The van der Waals surface area contributed by atoms with Crippen LogP contribution in [0.15, 0.2) is 30.7 Å². The molecule has 2 heterocycles. The molecule has 5 nitrogen and oxygen atoms in total. The van der Waals surface area contributed by atoms with Crippen LogP contribution in [0.3, 0.4) is 0 Å². The Morgan fingerprint density at radius 2 is 2.18 bits per heavy atom. The van der Waals surface area contributed by atoms with Crippen molar-refractivity contribution in [2.75, 3.05) is 17.7 Å². The normalized spacial score (nSPS) is 11.0. The van der Waals surface area contributed by atoms with E-state index in [9.17, 15) is 4.79 Å². The lowest BCUT2D eigenvalue weighted by atomic mass is 10.3.